The summed E-state index contributed by atoms with van der Waals surface area (Å²) >= 11 is 1.87. The molecule has 0 N–H and O–H groups in total. The number of thiophene rings is 1. The van der Waals surface area contributed by atoms with Crippen molar-refractivity contribution in [2.24, 2.45) is 0 Å². The van der Waals surface area contributed by atoms with Gasteiger partial charge in [-0.15, -0.1) is 11.3 Å². The first-order chi connectivity index (χ1) is 21.3. The Morgan fingerprint density at radius 2 is 1.12 bits per heavy atom. The second kappa shape index (κ2) is 8.57. The minimum Gasteiger partial charge on any atom is -0.464 e. The highest BCUT2D eigenvalue weighted by molar-refractivity contribution is 7.25. The molecule has 3 aromatic heterocycles. The topological polar surface area (TPSA) is 26.3 Å². The van der Waals surface area contributed by atoms with Gasteiger partial charge in [0.15, 0.2) is 0 Å². The van der Waals surface area contributed by atoms with E-state index in [4.69, 9.17) is 8.83 Å². The highest BCUT2D eigenvalue weighted by atomic mass is 32.1. The van der Waals surface area contributed by atoms with E-state index < -0.39 is 0 Å². The Kier molecular flexibility index (Phi) is 4.63. The number of hydrogen-bond acceptors (Lipinski definition) is 3. The van der Waals surface area contributed by atoms with Gasteiger partial charge in [-0.1, -0.05) is 97.1 Å². The number of hydrogen-bond donors (Lipinski definition) is 0. The Bertz CT molecular complexity index is 2680. The monoisotopic (exact) mass is 566 g/mol. The quantitative estimate of drug-likeness (QED) is 0.195. The van der Waals surface area contributed by atoms with Gasteiger partial charge < -0.3 is 8.83 Å². The van der Waals surface area contributed by atoms with Crippen molar-refractivity contribution in [1.29, 1.82) is 0 Å². The van der Waals surface area contributed by atoms with Gasteiger partial charge >= 0.3 is 0 Å². The van der Waals surface area contributed by atoms with Gasteiger partial charge in [-0.3, -0.25) is 0 Å². The number of benzene rings is 7. The van der Waals surface area contributed by atoms with Crippen LogP contribution >= 0.6 is 11.3 Å². The van der Waals surface area contributed by atoms with E-state index in [2.05, 4.69) is 115 Å². The lowest BCUT2D eigenvalue weighted by Crippen LogP contribution is -1.91. The SMILES string of the molecule is c1ccc2c(c1)sc1cc(-c3c4ccccc4c(-c4cccc5c4oc4cc6occc6cc45)c4ccccc34)ccc12. The average molecular weight is 567 g/mol. The summed E-state index contributed by atoms with van der Waals surface area (Å²) in [7, 11) is 0. The molecule has 0 aliphatic carbocycles. The van der Waals surface area contributed by atoms with Crippen LogP contribution < -0.4 is 0 Å². The van der Waals surface area contributed by atoms with E-state index in [9.17, 15) is 0 Å². The van der Waals surface area contributed by atoms with Gasteiger partial charge in [0.05, 0.1) is 6.26 Å². The Hall–Kier alpha value is -5.38. The van der Waals surface area contributed by atoms with E-state index in [1.54, 1.807) is 6.26 Å². The lowest BCUT2D eigenvalue weighted by atomic mass is 9.85. The maximum absolute atomic E-state index is 6.65. The van der Waals surface area contributed by atoms with Gasteiger partial charge in [0.1, 0.15) is 16.7 Å². The molecule has 0 aliphatic heterocycles. The van der Waals surface area contributed by atoms with Crippen LogP contribution in [0.3, 0.4) is 0 Å². The molecule has 2 nitrogen and oxygen atoms in total. The highest BCUT2D eigenvalue weighted by Gasteiger charge is 2.21. The molecule has 200 valence electrons. The molecule has 3 heteroatoms. The first-order valence-corrected chi connectivity index (χ1v) is 15.3. The zero-order valence-electron chi connectivity index (χ0n) is 22.9. The average Bonchev–Trinajstić information content (AvgIpc) is 3.77. The fourth-order valence-corrected chi connectivity index (χ4v) is 8.21. The summed E-state index contributed by atoms with van der Waals surface area (Å²) in [6.07, 6.45) is 1.73. The van der Waals surface area contributed by atoms with E-state index in [0.29, 0.717) is 0 Å². The molecule has 0 unspecified atom stereocenters. The van der Waals surface area contributed by atoms with Gasteiger partial charge in [0.25, 0.3) is 0 Å². The molecule has 10 rings (SSSR count). The van der Waals surface area contributed by atoms with Gasteiger partial charge in [0, 0.05) is 53.5 Å². The minimum absolute atomic E-state index is 0.837. The van der Waals surface area contributed by atoms with E-state index in [-0.39, 0.29) is 0 Å². The Balaban J connectivity index is 1.30. The first-order valence-electron chi connectivity index (χ1n) is 14.5. The van der Waals surface area contributed by atoms with Crippen LogP contribution in [0.5, 0.6) is 0 Å². The van der Waals surface area contributed by atoms with E-state index in [1.807, 2.05) is 23.5 Å². The third-order valence-corrected chi connectivity index (χ3v) is 10.1. The molecule has 0 fully saturated rings. The van der Waals surface area contributed by atoms with Crippen molar-refractivity contribution in [3.05, 3.63) is 134 Å². The van der Waals surface area contributed by atoms with Crippen molar-refractivity contribution in [3.8, 4) is 22.3 Å². The normalized spacial score (nSPS) is 12.2. The molecule has 0 saturated carbocycles. The zero-order valence-corrected chi connectivity index (χ0v) is 23.7. The third-order valence-electron chi connectivity index (χ3n) is 8.94. The molecule has 7 aromatic carbocycles. The number of furan rings is 2. The molecule has 0 radical (unpaired) electrons. The van der Waals surface area contributed by atoms with Crippen LogP contribution in [-0.4, -0.2) is 0 Å². The van der Waals surface area contributed by atoms with Crippen LogP contribution in [-0.2, 0) is 0 Å². The molecule has 3 heterocycles. The molecule has 0 aliphatic rings. The van der Waals surface area contributed by atoms with Gasteiger partial charge in [-0.05, 0) is 56.9 Å². The van der Waals surface area contributed by atoms with Crippen molar-refractivity contribution in [2.75, 3.05) is 0 Å². The summed E-state index contributed by atoms with van der Waals surface area (Å²) in [5, 5.41) is 10.9. The summed E-state index contributed by atoms with van der Waals surface area (Å²) in [5.74, 6) is 0. The Labute approximate surface area is 250 Å². The summed E-state index contributed by atoms with van der Waals surface area (Å²) in [5.41, 5.74) is 7.39. The van der Waals surface area contributed by atoms with Crippen molar-refractivity contribution in [1.82, 2.24) is 0 Å². The van der Waals surface area contributed by atoms with Crippen LogP contribution in [0.2, 0.25) is 0 Å². The summed E-state index contributed by atoms with van der Waals surface area (Å²) in [6.45, 7) is 0. The van der Waals surface area contributed by atoms with Gasteiger partial charge in [-0.25, -0.2) is 0 Å². The largest absolute Gasteiger partial charge is 0.464 e. The van der Waals surface area contributed by atoms with Crippen molar-refractivity contribution in [2.45, 2.75) is 0 Å². The lowest BCUT2D eigenvalue weighted by molar-refractivity contribution is 0.613. The smallest absolute Gasteiger partial charge is 0.143 e. The van der Waals surface area contributed by atoms with Crippen LogP contribution in [0.4, 0.5) is 0 Å². The van der Waals surface area contributed by atoms with E-state index >= 15 is 0 Å². The molecule has 0 spiro atoms. The molecule has 0 saturated heterocycles. The second-order valence-corrected chi connectivity index (χ2v) is 12.3. The van der Waals surface area contributed by atoms with Gasteiger partial charge in [-0.2, -0.15) is 0 Å². The Morgan fingerprint density at radius 1 is 0.442 bits per heavy atom. The maximum Gasteiger partial charge on any atom is 0.143 e. The summed E-state index contributed by atoms with van der Waals surface area (Å²) < 4.78 is 15.0. The second-order valence-electron chi connectivity index (χ2n) is 11.2. The van der Waals surface area contributed by atoms with Crippen LogP contribution in [0.15, 0.2) is 142 Å². The van der Waals surface area contributed by atoms with Crippen molar-refractivity contribution < 1.29 is 8.83 Å². The van der Waals surface area contributed by atoms with Crippen molar-refractivity contribution >= 4 is 86.0 Å². The fraction of sp³-hybridized carbons (Fsp3) is 0. The summed E-state index contributed by atoms with van der Waals surface area (Å²) in [4.78, 5) is 0. The lowest BCUT2D eigenvalue weighted by Gasteiger charge is -2.18. The molecular formula is C40H22O2S. The van der Waals surface area contributed by atoms with Crippen LogP contribution in [0.25, 0.3) is 96.9 Å². The van der Waals surface area contributed by atoms with Crippen LogP contribution in [0.1, 0.15) is 0 Å². The van der Waals surface area contributed by atoms with Crippen molar-refractivity contribution in [3.63, 3.8) is 0 Å². The third kappa shape index (κ3) is 3.23. The number of para-hydroxylation sites is 1. The van der Waals surface area contributed by atoms with Crippen LogP contribution in [0, 0.1) is 0 Å². The Morgan fingerprint density at radius 3 is 1.91 bits per heavy atom. The predicted molar refractivity (Wildman–Crippen MR) is 182 cm³/mol. The molecular weight excluding hydrogens is 545 g/mol. The molecule has 0 atom stereocenters. The highest BCUT2D eigenvalue weighted by Crippen LogP contribution is 2.47. The first kappa shape index (κ1) is 23.2. The fourth-order valence-electron chi connectivity index (χ4n) is 7.06. The molecule has 0 bridgehead atoms. The van der Waals surface area contributed by atoms with Gasteiger partial charge in [0.2, 0.25) is 0 Å². The number of rotatable bonds is 2. The standard InChI is InChI=1S/C40H22O2S/c1-3-11-29-27(9-1)38(24-16-17-26-25-8-5-6-15-36(25)43-37(26)21-24)28-10-2-4-12-30(28)39(29)32-14-7-13-31-33-20-23-18-19-41-34(23)22-35(33)42-40(31)32/h1-22H. The molecule has 0 amide bonds. The summed E-state index contributed by atoms with van der Waals surface area (Å²) in [6, 6.07) is 46.0. The minimum atomic E-state index is 0.837. The maximum atomic E-state index is 6.65. The number of fused-ring (bicyclic) bond motifs is 9. The van der Waals surface area contributed by atoms with E-state index in [0.717, 1.165) is 38.5 Å². The predicted octanol–water partition coefficient (Wildman–Crippen LogP) is 12.3. The zero-order chi connectivity index (χ0) is 28.1. The van der Waals surface area contributed by atoms with E-state index in [1.165, 1.54) is 58.4 Å². The molecule has 43 heavy (non-hydrogen) atoms. The molecule has 10 aromatic rings.